The molecule has 2 heterocycles. The van der Waals surface area contributed by atoms with E-state index in [0.717, 1.165) is 13.1 Å². The molecule has 1 aliphatic rings. The maximum absolute atomic E-state index is 6.46. The zero-order chi connectivity index (χ0) is 12.2. The van der Waals surface area contributed by atoms with Gasteiger partial charge in [-0.15, -0.1) is 11.3 Å². The molecule has 1 fully saturated rings. The standard InChI is InChI=1S/C15H14N2S/c16-15(8-17-9-15)12-6-3-5-11-10-4-1-2-7-13(10)18-14(11)12/h1-7,17H,8-9,16H2. The number of fused-ring (bicyclic) bond motifs is 3. The fourth-order valence-electron chi connectivity index (χ4n) is 2.72. The molecule has 0 atom stereocenters. The van der Waals surface area contributed by atoms with Crippen LogP contribution in [0.1, 0.15) is 5.56 Å². The van der Waals surface area contributed by atoms with Gasteiger partial charge < -0.3 is 11.1 Å². The van der Waals surface area contributed by atoms with Gasteiger partial charge in [-0.25, -0.2) is 0 Å². The smallest absolute Gasteiger partial charge is 0.0676 e. The van der Waals surface area contributed by atoms with Crippen LogP contribution in [-0.2, 0) is 5.54 Å². The summed E-state index contributed by atoms with van der Waals surface area (Å²) in [4.78, 5) is 0. The van der Waals surface area contributed by atoms with Crippen molar-refractivity contribution < 1.29 is 0 Å². The second-order valence-corrected chi connectivity index (χ2v) is 6.09. The Balaban J connectivity index is 2.10. The summed E-state index contributed by atoms with van der Waals surface area (Å²) in [5.41, 5.74) is 7.57. The van der Waals surface area contributed by atoms with E-state index >= 15 is 0 Å². The first-order valence-electron chi connectivity index (χ1n) is 6.18. The summed E-state index contributed by atoms with van der Waals surface area (Å²) in [5.74, 6) is 0. The van der Waals surface area contributed by atoms with Crippen molar-refractivity contribution in [3.05, 3.63) is 48.0 Å². The van der Waals surface area contributed by atoms with Crippen molar-refractivity contribution in [1.29, 1.82) is 0 Å². The van der Waals surface area contributed by atoms with E-state index in [1.807, 2.05) is 11.3 Å². The van der Waals surface area contributed by atoms with Crippen molar-refractivity contribution in [2.24, 2.45) is 5.73 Å². The third-order valence-electron chi connectivity index (χ3n) is 3.82. The van der Waals surface area contributed by atoms with Gasteiger partial charge in [0.15, 0.2) is 0 Å². The van der Waals surface area contributed by atoms with Crippen LogP contribution in [0.5, 0.6) is 0 Å². The predicted octanol–water partition coefficient (Wildman–Crippen LogP) is 2.81. The highest BCUT2D eigenvalue weighted by molar-refractivity contribution is 7.26. The summed E-state index contributed by atoms with van der Waals surface area (Å²) in [5, 5.41) is 5.96. The minimum atomic E-state index is -0.180. The number of hydrogen-bond donors (Lipinski definition) is 2. The van der Waals surface area contributed by atoms with Crippen molar-refractivity contribution in [1.82, 2.24) is 5.32 Å². The maximum Gasteiger partial charge on any atom is 0.0676 e. The number of nitrogens with two attached hydrogens (primary N) is 1. The van der Waals surface area contributed by atoms with Crippen LogP contribution in [0, 0.1) is 0 Å². The zero-order valence-corrected chi connectivity index (χ0v) is 10.8. The van der Waals surface area contributed by atoms with Gasteiger partial charge in [0.2, 0.25) is 0 Å². The minimum absolute atomic E-state index is 0.180. The number of thiophene rings is 1. The molecule has 18 heavy (non-hydrogen) atoms. The van der Waals surface area contributed by atoms with Crippen LogP contribution in [0.4, 0.5) is 0 Å². The van der Waals surface area contributed by atoms with Gasteiger partial charge in [0, 0.05) is 33.3 Å². The Hall–Kier alpha value is -1.42. The molecule has 90 valence electrons. The number of hydrogen-bond acceptors (Lipinski definition) is 3. The van der Waals surface area contributed by atoms with E-state index in [4.69, 9.17) is 5.73 Å². The molecule has 1 aromatic heterocycles. The molecule has 1 saturated heterocycles. The molecule has 3 N–H and O–H groups in total. The number of nitrogens with one attached hydrogen (secondary N) is 1. The van der Waals surface area contributed by atoms with Gasteiger partial charge in [-0.2, -0.15) is 0 Å². The normalized spacial score (nSPS) is 18.1. The van der Waals surface area contributed by atoms with Gasteiger partial charge in [-0.3, -0.25) is 0 Å². The molecule has 4 rings (SSSR count). The summed E-state index contributed by atoms with van der Waals surface area (Å²) in [7, 11) is 0. The highest BCUT2D eigenvalue weighted by Gasteiger charge is 2.35. The first kappa shape index (κ1) is 10.5. The van der Waals surface area contributed by atoms with Crippen LogP contribution in [0.15, 0.2) is 42.5 Å². The quantitative estimate of drug-likeness (QED) is 0.701. The van der Waals surface area contributed by atoms with Crippen LogP contribution in [0.25, 0.3) is 20.2 Å². The zero-order valence-electron chi connectivity index (χ0n) is 9.94. The first-order valence-corrected chi connectivity index (χ1v) is 7.00. The lowest BCUT2D eigenvalue weighted by atomic mass is 9.85. The van der Waals surface area contributed by atoms with E-state index in [0.29, 0.717) is 0 Å². The van der Waals surface area contributed by atoms with Crippen LogP contribution in [0.3, 0.4) is 0 Å². The van der Waals surface area contributed by atoms with Crippen molar-refractivity contribution >= 4 is 31.5 Å². The van der Waals surface area contributed by atoms with Gasteiger partial charge in [-0.1, -0.05) is 36.4 Å². The Morgan fingerprint density at radius 3 is 2.56 bits per heavy atom. The van der Waals surface area contributed by atoms with E-state index in [-0.39, 0.29) is 5.54 Å². The molecule has 3 heteroatoms. The van der Waals surface area contributed by atoms with Gasteiger partial charge in [0.25, 0.3) is 0 Å². The van der Waals surface area contributed by atoms with Crippen molar-refractivity contribution in [3.8, 4) is 0 Å². The van der Waals surface area contributed by atoms with Crippen LogP contribution < -0.4 is 11.1 Å². The second kappa shape index (κ2) is 3.54. The Morgan fingerprint density at radius 2 is 1.78 bits per heavy atom. The molecular formula is C15H14N2S. The van der Waals surface area contributed by atoms with Gasteiger partial charge in [-0.05, 0) is 11.6 Å². The van der Waals surface area contributed by atoms with Gasteiger partial charge in [0.1, 0.15) is 0 Å². The second-order valence-electron chi connectivity index (χ2n) is 5.04. The average Bonchev–Trinajstić information content (AvgIpc) is 2.74. The SMILES string of the molecule is NC1(c2cccc3c2sc2ccccc23)CNC1. The first-order chi connectivity index (χ1) is 8.78. The van der Waals surface area contributed by atoms with Crippen LogP contribution >= 0.6 is 11.3 Å². The molecule has 0 bridgehead atoms. The third-order valence-corrected chi connectivity index (χ3v) is 5.04. The summed E-state index contributed by atoms with van der Waals surface area (Å²) < 4.78 is 2.69. The molecule has 2 aromatic carbocycles. The molecule has 0 aliphatic carbocycles. The third kappa shape index (κ3) is 1.29. The largest absolute Gasteiger partial charge is 0.319 e. The highest BCUT2D eigenvalue weighted by Crippen LogP contribution is 2.39. The highest BCUT2D eigenvalue weighted by atomic mass is 32.1. The van der Waals surface area contributed by atoms with Crippen LogP contribution in [0.2, 0.25) is 0 Å². The molecule has 0 amide bonds. The Labute approximate surface area is 109 Å². The molecule has 0 unspecified atom stereocenters. The maximum atomic E-state index is 6.46. The van der Waals surface area contributed by atoms with E-state index < -0.39 is 0 Å². The summed E-state index contributed by atoms with van der Waals surface area (Å²) in [6.45, 7) is 1.75. The summed E-state index contributed by atoms with van der Waals surface area (Å²) in [6, 6.07) is 15.1. The van der Waals surface area contributed by atoms with E-state index in [1.54, 1.807) is 0 Å². The summed E-state index contributed by atoms with van der Waals surface area (Å²) in [6.07, 6.45) is 0. The monoisotopic (exact) mass is 254 g/mol. The Kier molecular flexibility index (Phi) is 2.07. The van der Waals surface area contributed by atoms with E-state index in [2.05, 4.69) is 47.8 Å². The molecule has 0 saturated carbocycles. The number of rotatable bonds is 1. The Morgan fingerprint density at radius 1 is 1.00 bits per heavy atom. The molecule has 2 nitrogen and oxygen atoms in total. The lowest BCUT2D eigenvalue weighted by Gasteiger charge is -2.39. The van der Waals surface area contributed by atoms with E-state index in [9.17, 15) is 0 Å². The minimum Gasteiger partial charge on any atom is -0.319 e. The fourth-order valence-corrected chi connectivity index (χ4v) is 4.05. The van der Waals surface area contributed by atoms with Gasteiger partial charge >= 0.3 is 0 Å². The fraction of sp³-hybridized carbons (Fsp3) is 0.200. The topological polar surface area (TPSA) is 38.0 Å². The van der Waals surface area contributed by atoms with Crippen molar-refractivity contribution in [2.75, 3.05) is 13.1 Å². The molecule has 3 aromatic rings. The molecule has 1 aliphatic heterocycles. The average molecular weight is 254 g/mol. The molecular weight excluding hydrogens is 240 g/mol. The lowest BCUT2D eigenvalue weighted by Crippen LogP contribution is -2.62. The van der Waals surface area contributed by atoms with Gasteiger partial charge in [0.05, 0.1) is 5.54 Å². The van der Waals surface area contributed by atoms with Crippen molar-refractivity contribution in [2.45, 2.75) is 5.54 Å². The van der Waals surface area contributed by atoms with Crippen molar-refractivity contribution in [3.63, 3.8) is 0 Å². The molecule has 0 radical (unpaired) electrons. The van der Waals surface area contributed by atoms with E-state index in [1.165, 1.54) is 25.7 Å². The summed E-state index contributed by atoms with van der Waals surface area (Å²) >= 11 is 1.86. The molecule has 0 spiro atoms. The Bertz CT molecular complexity index is 740. The van der Waals surface area contributed by atoms with Crippen LogP contribution in [-0.4, -0.2) is 13.1 Å². The number of benzene rings is 2. The lowest BCUT2D eigenvalue weighted by molar-refractivity contribution is 0.290. The predicted molar refractivity (Wildman–Crippen MR) is 78.1 cm³/mol.